The highest BCUT2D eigenvalue weighted by Gasteiger charge is 2.50. The van der Waals surface area contributed by atoms with Crippen LogP contribution in [0.25, 0.3) is 0 Å². The molecule has 13 heteroatoms. The van der Waals surface area contributed by atoms with Crippen molar-refractivity contribution in [3.63, 3.8) is 0 Å². The summed E-state index contributed by atoms with van der Waals surface area (Å²) in [4.78, 5) is 46.4. The van der Waals surface area contributed by atoms with E-state index < -0.39 is 39.0 Å². The number of carbonyl (C=O) groups excluding carboxylic acids is 3. The Hall–Kier alpha value is -3.19. The number of nitrogens with one attached hydrogen (secondary N) is 1. The van der Waals surface area contributed by atoms with Gasteiger partial charge >= 0.3 is 12.2 Å². The summed E-state index contributed by atoms with van der Waals surface area (Å²) < 4.78 is 39.4. The van der Waals surface area contributed by atoms with Gasteiger partial charge in [-0.3, -0.25) is 19.6 Å². The summed E-state index contributed by atoms with van der Waals surface area (Å²) in [5.41, 5.74) is 1.09. The molecule has 3 heterocycles. The standard InChI is InChI=1S/C32H49N5O7S/c1-21-19-23(35(9)28(39)43-30(3,4)5)20-22(2)24(21)12-18-45(41,42)36-16-13-32(14-17-36)27(38)33-26(34-32)25-11-10-15-37(25)29(40)44-31(6,7)8/h19-20,25H,10-18H2,1-9H3,(H,33,34,38). The molecule has 1 unspecified atom stereocenters. The SMILES string of the molecule is Cc1cc(N(C)C(=O)OC(C)(C)C)cc(C)c1CCS(=O)(=O)N1CCC2(CC1)N=C(C1CCCN1C(=O)OC(C)(C)C)NC2=O. The highest BCUT2D eigenvalue weighted by molar-refractivity contribution is 7.89. The van der Waals surface area contributed by atoms with Crippen LogP contribution in [0.4, 0.5) is 15.3 Å². The van der Waals surface area contributed by atoms with Crippen LogP contribution >= 0.6 is 0 Å². The van der Waals surface area contributed by atoms with E-state index in [4.69, 9.17) is 14.5 Å². The van der Waals surface area contributed by atoms with Crippen LogP contribution in [0.2, 0.25) is 0 Å². The van der Waals surface area contributed by atoms with Crippen LogP contribution in [0.3, 0.4) is 0 Å². The van der Waals surface area contributed by atoms with Crippen molar-refractivity contribution in [2.75, 3.05) is 37.3 Å². The Kier molecular flexibility index (Phi) is 9.67. The first-order chi connectivity index (χ1) is 20.7. The van der Waals surface area contributed by atoms with Crippen LogP contribution in [0.5, 0.6) is 0 Å². The van der Waals surface area contributed by atoms with Crippen LogP contribution in [-0.4, -0.2) is 96.8 Å². The third-order valence-corrected chi connectivity index (χ3v) is 10.4. The monoisotopic (exact) mass is 647 g/mol. The predicted molar refractivity (Wildman–Crippen MR) is 173 cm³/mol. The molecule has 3 aliphatic heterocycles. The van der Waals surface area contributed by atoms with Crippen LogP contribution in [0, 0.1) is 13.8 Å². The Morgan fingerprint density at radius 1 is 1.02 bits per heavy atom. The van der Waals surface area contributed by atoms with Gasteiger partial charge < -0.3 is 14.8 Å². The van der Waals surface area contributed by atoms with E-state index in [2.05, 4.69) is 5.32 Å². The van der Waals surface area contributed by atoms with Gasteiger partial charge in [-0.1, -0.05) is 0 Å². The Morgan fingerprint density at radius 3 is 2.16 bits per heavy atom. The van der Waals surface area contributed by atoms with Crippen molar-refractivity contribution in [1.82, 2.24) is 14.5 Å². The van der Waals surface area contributed by atoms with Crippen molar-refractivity contribution in [3.8, 4) is 0 Å². The average molecular weight is 648 g/mol. The van der Waals surface area contributed by atoms with Crippen molar-refractivity contribution in [2.24, 2.45) is 4.99 Å². The van der Waals surface area contributed by atoms with E-state index in [9.17, 15) is 22.8 Å². The molecule has 4 rings (SSSR count). The van der Waals surface area contributed by atoms with Gasteiger partial charge in [0.2, 0.25) is 10.0 Å². The Balaban J connectivity index is 1.39. The molecule has 12 nitrogen and oxygen atoms in total. The Bertz CT molecular complexity index is 1440. The first kappa shape index (κ1) is 34.7. The number of likely N-dealkylation sites (tertiary alicyclic amines) is 1. The zero-order valence-corrected chi connectivity index (χ0v) is 29.0. The molecule has 1 atom stereocenters. The molecule has 45 heavy (non-hydrogen) atoms. The fourth-order valence-corrected chi connectivity index (χ4v) is 7.58. The van der Waals surface area contributed by atoms with Crippen molar-refractivity contribution in [2.45, 2.75) is 110 Å². The molecule has 1 spiro atoms. The number of aryl methyl sites for hydroxylation is 2. The summed E-state index contributed by atoms with van der Waals surface area (Å²) in [5, 5.41) is 2.91. The minimum atomic E-state index is -3.61. The average Bonchev–Trinajstić information content (AvgIpc) is 3.51. The largest absolute Gasteiger partial charge is 0.444 e. The van der Waals surface area contributed by atoms with Gasteiger partial charge in [-0.15, -0.1) is 0 Å². The number of piperidine rings is 1. The van der Waals surface area contributed by atoms with Crippen LogP contribution < -0.4 is 10.2 Å². The molecular formula is C32H49N5O7S. The van der Waals surface area contributed by atoms with Gasteiger partial charge in [-0.05, 0) is 116 Å². The summed E-state index contributed by atoms with van der Waals surface area (Å²) in [7, 11) is -1.96. The minimum Gasteiger partial charge on any atom is -0.444 e. The summed E-state index contributed by atoms with van der Waals surface area (Å²) in [6.45, 7) is 15.6. The van der Waals surface area contributed by atoms with E-state index in [0.717, 1.165) is 23.1 Å². The highest BCUT2D eigenvalue weighted by Crippen LogP contribution is 2.34. The summed E-state index contributed by atoms with van der Waals surface area (Å²) >= 11 is 0. The topological polar surface area (TPSA) is 138 Å². The van der Waals surface area contributed by atoms with Crippen molar-refractivity contribution >= 4 is 39.6 Å². The van der Waals surface area contributed by atoms with Gasteiger partial charge in [0.15, 0.2) is 0 Å². The minimum absolute atomic E-state index is 0.0728. The van der Waals surface area contributed by atoms with Crippen LogP contribution in [0.15, 0.2) is 17.1 Å². The lowest BCUT2D eigenvalue weighted by Gasteiger charge is -2.34. The molecule has 2 saturated heterocycles. The second kappa shape index (κ2) is 12.5. The van der Waals surface area contributed by atoms with Crippen LogP contribution in [-0.2, 0) is 30.7 Å². The second-order valence-corrected chi connectivity index (χ2v) is 16.5. The number of hydrogen-bond donors (Lipinski definition) is 1. The molecule has 0 saturated carbocycles. The fourth-order valence-electron chi connectivity index (χ4n) is 6.12. The van der Waals surface area contributed by atoms with Gasteiger partial charge in [0.1, 0.15) is 22.6 Å². The maximum atomic E-state index is 13.4. The van der Waals surface area contributed by atoms with Crippen LogP contribution in [0.1, 0.15) is 83.9 Å². The first-order valence-electron chi connectivity index (χ1n) is 15.7. The Labute approximate surface area is 267 Å². The maximum absolute atomic E-state index is 13.4. The summed E-state index contributed by atoms with van der Waals surface area (Å²) in [5.74, 6) is 0.149. The molecule has 3 aliphatic rings. The molecule has 0 bridgehead atoms. The van der Waals surface area contributed by atoms with Crippen molar-refractivity contribution in [3.05, 3.63) is 28.8 Å². The van der Waals surface area contributed by atoms with E-state index >= 15 is 0 Å². The summed E-state index contributed by atoms with van der Waals surface area (Å²) in [6.07, 6.45) is 1.42. The van der Waals surface area contributed by atoms with E-state index in [1.165, 1.54) is 9.21 Å². The lowest BCUT2D eigenvalue weighted by molar-refractivity contribution is -0.125. The quantitative estimate of drug-likeness (QED) is 0.486. The lowest BCUT2D eigenvalue weighted by atomic mass is 9.89. The third-order valence-electron chi connectivity index (χ3n) is 8.48. The van der Waals surface area contributed by atoms with E-state index in [0.29, 0.717) is 30.9 Å². The lowest BCUT2D eigenvalue weighted by Crippen LogP contribution is -2.51. The zero-order valence-electron chi connectivity index (χ0n) is 28.2. The van der Waals surface area contributed by atoms with Gasteiger partial charge in [0.25, 0.3) is 5.91 Å². The van der Waals surface area contributed by atoms with Gasteiger partial charge in [0.05, 0.1) is 11.8 Å². The zero-order chi connectivity index (χ0) is 33.5. The van der Waals surface area contributed by atoms with E-state index in [1.54, 1.807) is 11.9 Å². The molecule has 1 aromatic rings. The molecule has 3 amide bonds. The summed E-state index contributed by atoms with van der Waals surface area (Å²) in [6, 6.07) is 3.37. The number of aliphatic imine (C=N–C) groups is 1. The number of nitrogens with zero attached hydrogens (tertiary/aromatic N) is 4. The van der Waals surface area contributed by atoms with E-state index in [-0.39, 0.29) is 43.6 Å². The number of anilines is 1. The van der Waals surface area contributed by atoms with Gasteiger partial charge in [-0.25, -0.2) is 22.3 Å². The molecule has 1 aromatic carbocycles. The molecule has 2 fully saturated rings. The molecule has 0 radical (unpaired) electrons. The predicted octanol–water partition coefficient (Wildman–Crippen LogP) is 4.31. The maximum Gasteiger partial charge on any atom is 0.414 e. The number of amides is 3. The number of sulfonamides is 1. The highest BCUT2D eigenvalue weighted by atomic mass is 32.2. The number of rotatable bonds is 6. The number of amidine groups is 1. The normalized spacial score (nSPS) is 20.6. The second-order valence-electron chi connectivity index (χ2n) is 14.4. The number of ether oxygens (including phenoxy) is 2. The molecule has 250 valence electrons. The number of benzene rings is 1. The van der Waals surface area contributed by atoms with Gasteiger partial charge in [0, 0.05) is 32.4 Å². The van der Waals surface area contributed by atoms with Crippen molar-refractivity contribution in [1.29, 1.82) is 0 Å². The smallest absolute Gasteiger partial charge is 0.414 e. The molecule has 0 aromatic heterocycles. The Morgan fingerprint density at radius 2 is 1.60 bits per heavy atom. The number of carbonyl (C=O) groups is 3. The molecule has 1 N–H and O–H groups in total. The van der Waals surface area contributed by atoms with E-state index in [1.807, 2.05) is 67.5 Å². The van der Waals surface area contributed by atoms with Crippen molar-refractivity contribution < 1.29 is 32.3 Å². The first-order valence-corrected chi connectivity index (χ1v) is 17.3. The third kappa shape index (κ3) is 7.97. The molecule has 0 aliphatic carbocycles. The number of hydrogen-bond acceptors (Lipinski definition) is 8. The fraction of sp³-hybridized carbons (Fsp3) is 0.688. The molecular weight excluding hydrogens is 598 g/mol. The van der Waals surface area contributed by atoms with Gasteiger partial charge in [-0.2, -0.15) is 0 Å².